The minimum atomic E-state index is 0.132. The number of nitrogens with two attached hydrogens (primary N) is 2. The number of benzene rings is 1. The van der Waals surface area contributed by atoms with Gasteiger partial charge in [-0.3, -0.25) is 10.9 Å². The summed E-state index contributed by atoms with van der Waals surface area (Å²) in [5, 5.41) is 8.37. The van der Waals surface area contributed by atoms with Crippen LogP contribution in [0.2, 0.25) is 0 Å². The van der Waals surface area contributed by atoms with Crippen LogP contribution in [0.15, 0.2) is 34.5 Å². The highest BCUT2D eigenvalue weighted by Gasteiger charge is 2.01. The predicted molar refractivity (Wildman–Crippen MR) is 90.7 cm³/mol. The van der Waals surface area contributed by atoms with E-state index < -0.39 is 0 Å². The lowest BCUT2D eigenvalue weighted by Crippen LogP contribution is -2.25. The Bertz CT molecular complexity index is 511. The SMILES string of the molecule is C/C(=N/NC(N)=S)c1ccc(/C(C)=N\NC(N)=S)cc1. The molecule has 0 unspecified atom stereocenters. The molecule has 0 radical (unpaired) electrons. The average Bonchev–Trinajstić information content (AvgIpc) is 2.42. The van der Waals surface area contributed by atoms with Crippen molar-refractivity contribution in [2.75, 3.05) is 0 Å². The molecule has 0 bridgehead atoms. The number of rotatable bonds is 4. The van der Waals surface area contributed by atoms with Gasteiger partial charge in [-0.1, -0.05) is 24.3 Å². The quantitative estimate of drug-likeness (QED) is 0.373. The van der Waals surface area contributed by atoms with Gasteiger partial charge in [-0.25, -0.2) is 0 Å². The van der Waals surface area contributed by atoms with Crippen LogP contribution in [0.5, 0.6) is 0 Å². The summed E-state index contributed by atoms with van der Waals surface area (Å²) in [6.45, 7) is 3.71. The van der Waals surface area contributed by atoms with E-state index in [1.54, 1.807) is 0 Å². The fourth-order valence-corrected chi connectivity index (χ4v) is 1.45. The Morgan fingerprint density at radius 2 is 1.15 bits per heavy atom. The summed E-state index contributed by atoms with van der Waals surface area (Å²) in [5.41, 5.74) is 19.2. The van der Waals surface area contributed by atoms with Gasteiger partial charge in [-0.2, -0.15) is 10.2 Å². The van der Waals surface area contributed by atoms with Gasteiger partial charge in [-0.15, -0.1) is 0 Å². The second-order valence-corrected chi connectivity index (χ2v) is 4.80. The van der Waals surface area contributed by atoms with Crippen LogP contribution >= 0.6 is 24.4 Å². The fraction of sp³-hybridized carbons (Fsp3) is 0.167. The largest absolute Gasteiger partial charge is 0.375 e. The first-order chi connectivity index (χ1) is 9.40. The summed E-state index contributed by atoms with van der Waals surface area (Å²) in [4.78, 5) is 0. The molecule has 1 aromatic rings. The number of thiocarbonyl (C=S) groups is 2. The molecule has 0 atom stereocenters. The van der Waals surface area contributed by atoms with E-state index in [1.165, 1.54) is 0 Å². The molecule has 0 aliphatic heterocycles. The van der Waals surface area contributed by atoms with E-state index in [4.69, 9.17) is 11.5 Å². The Balaban J connectivity index is 2.83. The van der Waals surface area contributed by atoms with Gasteiger partial charge < -0.3 is 11.5 Å². The summed E-state index contributed by atoms with van der Waals surface area (Å²) >= 11 is 9.37. The predicted octanol–water partition coefficient (Wildman–Crippen LogP) is 0.801. The lowest BCUT2D eigenvalue weighted by molar-refractivity contribution is 1.03. The van der Waals surface area contributed by atoms with Crippen LogP contribution in [0.4, 0.5) is 0 Å². The average molecular weight is 308 g/mol. The highest BCUT2D eigenvalue weighted by Crippen LogP contribution is 2.07. The smallest absolute Gasteiger partial charge is 0.184 e. The van der Waals surface area contributed by atoms with Crippen molar-refractivity contribution in [1.29, 1.82) is 0 Å². The third-order valence-electron chi connectivity index (χ3n) is 2.39. The van der Waals surface area contributed by atoms with Gasteiger partial charge in [-0.05, 0) is 49.4 Å². The molecule has 0 spiro atoms. The standard InChI is InChI=1S/C12H16N6S2/c1-7(15-17-11(13)19)9-3-5-10(6-4-9)8(2)16-18-12(14)20/h3-6H,1-2H3,(H3,13,17,19)(H3,14,18,20)/b15-7-,16-8-. The molecule has 0 aromatic heterocycles. The fourth-order valence-electron chi connectivity index (χ4n) is 1.36. The van der Waals surface area contributed by atoms with Crippen LogP contribution in [-0.2, 0) is 0 Å². The van der Waals surface area contributed by atoms with Crippen LogP contribution in [0, 0.1) is 0 Å². The van der Waals surface area contributed by atoms with Gasteiger partial charge >= 0.3 is 0 Å². The monoisotopic (exact) mass is 308 g/mol. The number of nitrogens with zero attached hydrogens (tertiary/aromatic N) is 2. The summed E-state index contributed by atoms with van der Waals surface area (Å²) in [5.74, 6) is 0. The Labute approximate surface area is 128 Å². The van der Waals surface area contributed by atoms with Crippen LogP contribution in [0.1, 0.15) is 25.0 Å². The van der Waals surface area contributed by atoms with E-state index in [9.17, 15) is 0 Å². The van der Waals surface area contributed by atoms with Crippen molar-refractivity contribution in [1.82, 2.24) is 10.9 Å². The summed E-state index contributed by atoms with van der Waals surface area (Å²) < 4.78 is 0. The number of hydrogen-bond acceptors (Lipinski definition) is 4. The molecule has 0 saturated heterocycles. The van der Waals surface area contributed by atoms with Crippen molar-refractivity contribution < 1.29 is 0 Å². The first-order valence-electron chi connectivity index (χ1n) is 5.70. The molecule has 106 valence electrons. The van der Waals surface area contributed by atoms with Crippen molar-refractivity contribution in [2.24, 2.45) is 21.7 Å². The Morgan fingerprint density at radius 3 is 1.40 bits per heavy atom. The van der Waals surface area contributed by atoms with Crippen molar-refractivity contribution in [3.05, 3.63) is 35.4 Å². The number of nitrogens with one attached hydrogen (secondary N) is 2. The van der Waals surface area contributed by atoms with Gasteiger partial charge in [0.1, 0.15) is 0 Å². The highest BCUT2D eigenvalue weighted by atomic mass is 32.1. The Kier molecular flexibility index (Phi) is 6.01. The van der Waals surface area contributed by atoms with E-state index in [-0.39, 0.29) is 10.2 Å². The third-order valence-corrected chi connectivity index (χ3v) is 2.57. The molecule has 6 nitrogen and oxygen atoms in total. The van der Waals surface area contributed by atoms with E-state index in [0.717, 1.165) is 22.6 Å². The zero-order valence-electron chi connectivity index (χ0n) is 11.2. The maximum Gasteiger partial charge on any atom is 0.184 e. The molecule has 0 heterocycles. The van der Waals surface area contributed by atoms with E-state index in [0.29, 0.717) is 0 Å². The maximum atomic E-state index is 5.31. The minimum absolute atomic E-state index is 0.132. The molecule has 6 N–H and O–H groups in total. The van der Waals surface area contributed by atoms with Crippen molar-refractivity contribution in [3.63, 3.8) is 0 Å². The molecule has 0 fully saturated rings. The van der Waals surface area contributed by atoms with Gasteiger partial charge in [0.2, 0.25) is 0 Å². The molecule has 0 amide bonds. The number of hydrazone groups is 2. The van der Waals surface area contributed by atoms with Gasteiger partial charge in [0.15, 0.2) is 10.2 Å². The van der Waals surface area contributed by atoms with Crippen molar-refractivity contribution in [2.45, 2.75) is 13.8 Å². The highest BCUT2D eigenvalue weighted by molar-refractivity contribution is 7.80. The molecule has 1 aromatic carbocycles. The van der Waals surface area contributed by atoms with E-state index >= 15 is 0 Å². The van der Waals surface area contributed by atoms with Gasteiger partial charge in [0.05, 0.1) is 11.4 Å². The Morgan fingerprint density at radius 1 is 0.850 bits per heavy atom. The molecular formula is C12H16N6S2. The lowest BCUT2D eigenvalue weighted by atomic mass is 10.1. The molecule has 0 aliphatic carbocycles. The van der Waals surface area contributed by atoms with Crippen molar-refractivity contribution >= 4 is 46.1 Å². The molecule has 1 rings (SSSR count). The Hall–Kier alpha value is -2.06. The summed E-state index contributed by atoms with van der Waals surface area (Å²) in [7, 11) is 0. The summed E-state index contributed by atoms with van der Waals surface area (Å²) in [6, 6.07) is 7.70. The molecule has 20 heavy (non-hydrogen) atoms. The normalized spacial score (nSPS) is 11.9. The van der Waals surface area contributed by atoms with Gasteiger partial charge in [0.25, 0.3) is 0 Å². The van der Waals surface area contributed by atoms with Crippen LogP contribution in [0.3, 0.4) is 0 Å². The summed E-state index contributed by atoms with van der Waals surface area (Å²) in [6.07, 6.45) is 0. The van der Waals surface area contributed by atoms with Crippen LogP contribution in [0.25, 0.3) is 0 Å². The first-order valence-corrected chi connectivity index (χ1v) is 6.52. The number of hydrogen-bond donors (Lipinski definition) is 4. The molecule has 8 heteroatoms. The van der Waals surface area contributed by atoms with Crippen LogP contribution in [-0.4, -0.2) is 21.6 Å². The zero-order valence-corrected chi connectivity index (χ0v) is 12.8. The lowest BCUT2D eigenvalue weighted by Gasteiger charge is -2.05. The minimum Gasteiger partial charge on any atom is -0.375 e. The van der Waals surface area contributed by atoms with Crippen LogP contribution < -0.4 is 22.3 Å². The topological polar surface area (TPSA) is 101 Å². The maximum absolute atomic E-state index is 5.31. The molecule has 0 aliphatic rings. The third kappa shape index (κ3) is 5.29. The second-order valence-electron chi connectivity index (χ2n) is 3.92. The van der Waals surface area contributed by atoms with E-state index in [1.807, 2.05) is 38.1 Å². The first kappa shape index (κ1) is 16.0. The van der Waals surface area contributed by atoms with E-state index in [2.05, 4.69) is 45.5 Å². The zero-order chi connectivity index (χ0) is 15.1. The molecular weight excluding hydrogens is 292 g/mol. The van der Waals surface area contributed by atoms with Gasteiger partial charge in [0, 0.05) is 0 Å². The van der Waals surface area contributed by atoms with Crippen molar-refractivity contribution in [3.8, 4) is 0 Å². The second kappa shape index (κ2) is 7.51. The molecule has 0 saturated carbocycles.